The highest BCUT2D eigenvalue weighted by Crippen LogP contribution is 2.39. The van der Waals surface area contributed by atoms with Gasteiger partial charge in [0.05, 0.1) is 18.6 Å². The summed E-state index contributed by atoms with van der Waals surface area (Å²) >= 11 is 6.13. The molecule has 3 aromatic rings. The highest BCUT2D eigenvalue weighted by atomic mass is 35.5. The van der Waals surface area contributed by atoms with Crippen LogP contribution in [0.25, 0.3) is 11.2 Å². The Morgan fingerprint density at radius 3 is 2.55 bits per heavy atom. The minimum atomic E-state index is -2.19. The number of carbonyl (C=O) groups is 1. The predicted molar refractivity (Wildman–Crippen MR) is 137 cm³/mol. The number of aliphatic hydroxyl groups excluding tert-OH is 2. The molecule has 0 radical (unpaired) electrons. The first-order valence-electron chi connectivity index (χ1n) is 12.0. The van der Waals surface area contributed by atoms with E-state index in [9.17, 15) is 25.2 Å². The molecular weight excluding hydrogens is 548 g/mol. The first kappa shape index (κ1) is 30.8. The molecule has 1 unspecified atom stereocenters. The summed E-state index contributed by atoms with van der Waals surface area (Å²) in [5.74, 6) is 0.865. The number of aliphatic carboxylic acids is 1. The van der Waals surface area contributed by atoms with E-state index in [1.807, 2.05) is 13.0 Å². The fourth-order valence-corrected chi connectivity index (χ4v) is 4.42. The lowest BCUT2D eigenvalue weighted by atomic mass is 9.93. The monoisotopic (exact) mass is 574 g/mol. The molecule has 1 fully saturated rings. The summed E-state index contributed by atoms with van der Waals surface area (Å²) in [5.41, 5.74) is -0.321. The van der Waals surface area contributed by atoms with E-state index in [-0.39, 0.29) is 36.0 Å². The first-order chi connectivity index (χ1) is 19.1. The second kappa shape index (κ2) is 13.6. The molecule has 40 heavy (non-hydrogen) atoms. The van der Waals surface area contributed by atoms with Gasteiger partial charge in [-0.2, -0.15) is 14.6 Å². The average Bonchev–Trinajstić information content (AvgIpc) is 3.46. The Balaban J connectivity index is 0.00000141. The third kappa shape index (κ3) is 6.70. The van der Waals surface area contributed by atoms with Crippen molar-refractivity contribution < 1.29 is 44.3 Å². The van der Waals surface area contributed by atoms with Crippen molar-refractivity contribution in [2.75, 3.05) is 13.2 Å². The molecule has 212 valence electrons. The SMILES string of the molecule is C#C[C@@]1(O)[C@@H](COC(Cc2ccccc2)C(=O)O)O[C@@H](n2cnc3c(C[C@@H](C)CO)nc(Cl)nc32)[C@@H]1O.O=C=O. The fourth-order valence-electron chi connectivity index (χ4n) is 4.23. The molecule has 13 nitrogen and oxygen atoms in total. The lowest BCUT2D eigenvalue weighted by Gasteiger charge is -2.26. The molecule has 4 rings (SSSR count). The number of hydrogen-bond donors (Lipinski definition) is 4. The molecule has 6 atom stereocenters. The number of nitrogens with zero attached hydrogens (tertiary/aromatic N) is 4. The number of carbonyl (C=O) groups excluding carboxylic acids is 2. The second-order valence-corrected chi connectivity index (χ2v) is 9.46. The quantitative estimate of drug-likeness (QED) is 0.192. The zero-order chi connectivity index (χ0) is 29.4. The second-order valence-electron chi connectivity index (χ2n) is 9.12. The van der Waals surface area contributed by atoms with Crippen LogP contribution in [0.5, 0.6) is 0 Å². The van der Waals surface area contributed by atoms with Crippen LogP contribution < -0.4 is 0 Å². The van der Waals surface area contributed by atoms with Crippen molar-refractivity contribution in [3.05, 3.63) is 53.2 Å². The third-order valence-electron chi connectivity index (χ3n) is 6.33. The predicted octanol–water partition coefficient (Wildman–Crippen LogP) is 0.402. The molecule has 0 aliphatic carbocycles. The van der Waals surface area contributed by atoms with Gasteiger partial charge in [-0.05, 0) is 29.5 Å². The van der Waals surface area contributed by atoms with Gasteiger partial charge in [-0.15, -0.1) is 6.42 Å². The Morgan fingerprint density at radius 1 is 1.27 bits per heavy atom. The Hall–Kier alpha value is -3.73. The van der Waals surface area contributed by atoms with Gasteiger partial charge in [-0.1, -0.05) is 43.2 Å². The van der Waals surface area contributed by atoms with Crippen molar-refractivity contribution in [1.29, 1.82) is 0 Å². The van der Waals surface area contributed by atoms with Crippen LogP contribution in [0.15, 0.2) is 36.7 Å². The number of carboxylic acid groups (broad SMARTS) is 1. The van der Waals surface area contributed by atoms with E-state index in [1.54, 1.807) is 24.3 Å². The zero-order valence-electron chi connectivity index (χ0n) is 21.3. The van der Waals surface area contributed by atoms with Gasteiger partial charge in [0.1, 0.15) is 17.7 Å². The van der Waals surface area contributed by atoms with Crippen LogP contribution in [0.3, 0.4) is 0 Å². The molecule has 1 aromatic carbocycles. The van der Waals surface area contributed by atoms with Gasteiger partial charge in [-0.3, -0.25) is 4.57 Å². The van der Waals surface area contributed by atoms with E-state index in [4.69, 9.17) is 37.1 Å². The number of benzene rings is 1. The van der Waals surface area contributed by atoms with Crippen LogP contribution in [-0.4, -0.2) is 89.2 Å². The molecule has 0 spiro atoms. The molecule has 14 heteroatoms. The number of fused-ring (bicyclic) bond motifs is 1. The molecule has 4 N–H and O–H groups in total. The topological polar surface area (TPSA) is 194 Å². The van der Waals surface area contributed by atoms with E-state index < -0.39 is 42.7 Å². The molecule has 1 saturated heterocycles. The Morgan fingerprint density at radius 2 is 1.95 bits per heavy atom. The summed E-state index contributed by atoms with van der Waals surface area (Å²) in [4.78, 5) is 40.8. The van der Waals surface area contributed by atoms with E-state index >= 15 is 0 Å². The van der Waals surface area contributed by atoms with Gasteiger partial charge >= 0.3 is 12.1 Å². The van der Waals surface area contributed by atoms with Crippen molar-refractivity contribution in [2.45, 2.75) is 49.9 Å². The third-order valence-corrected chi connectivity index (χ3v) is 6.50. The Labute approximate surface area is 233 Å². The smallest absolute Gasteiger partial charge is 0.373 e. The summed E-state index contributed by atoms with van der Waals surface area (Å²) in [6.07, 6.45) is 2.28. The number of terminal acetylenes is 1. The number of ether oxygens (including phenoxy) is 2. The van der Waals surface area contributed by atoms with Crippen LogP contribution in [0, 0.1) is 18.3 Å². The lowest BCUT2D eigenvalue weighted by molar-refractivity contribution is -0.191. The van der Waals surface area contributed by atoms with Gasteiger partial charge in [0, 0.05) is 13.0 Å². The fraction of sp³-hybridized carbons (Fsp3) is 0.423. The maximum atomic E-state index is 11.8. The van der Waals surface area contributed by atoms with Crippen LogP contribution in [0.2, 0.25) is 5.28 Å². The highest BCUT2D eigenvalue weighted by Gasteiger charge is 2.56. The van der Waals surface area contributed by atoms with Gasteiger partial charge in [0.25, 0.3) is 0 Å². The van der Waals surface area contributed by atoms with E-state index in [2.05, 4.69) is 20.9 Å². The Bertz CT molecular complexity index is 1390. The molecular formula is C26H27ClN4O9. The molecule has 1 aliphatic rings. The van der Waals surface area contributed by atoms with Gasteiger partial charge in [0.2, 0.25) is 5.28 Å². The molecule has 0 amide bonds. The van der Waals surface area contributed by atoms with Crippen LogP contribution in [-0.2, 0) is 36.7 Å². The largest absolute Gasteiger partial charge is 0.479 e. The zero-order valence-corrected chi connectivity index (χ0v) is 22.0. The van der Waals surface area contributed by atoms with Crippen LogP contribution >= 0.6 is 11.6 Å². The van der Waals surface area contributed by atoms with E-state index in [1.165, 1.54) is 10.9 Å². The van der Waals surface area contributed by atoms with Crippen LogP contribution in [0.4, 0.5) is 0 Å². The number of hydrogen-bond acceptors (Lipinski definition) is 11. The normalized spacial score (nSPS) is 23.4. The van der Waals surface area contributed by atoms with Gasteiger partial charge in [-0.25, -0.2) is 14.8 Å². The summed E-state index contributed by atoms with van der Waals surface area (Å²) in [6.45, 7) is 1.37. The van der Waals surface area contributed by atoms with E-state index in [0.29, 0.717) is 17.6 Å². The minimum absolute atomic E-state index is 0.0627. The number of halogens is 1. The van der Waals surface area contributed by atoms with Gasteiger partial charge in [0.15, 0.2) is 23.6 Å². The number of aromatic nitrogens is 4. The van der Waals surface area contributed by atoms with Crippen molar-refractivity contribution >= 4 is 34.9 Å². The first-order valence-corrected chi connectivity index (χ1v) is 12.4. The molecule has 2 aromatic heterocycles. The average molecular weight is 575 g/mol. The minimum Gasteiger partial charge on any atom is -0.479 e. The molecule has 3 heterocycles. The number of carboxylic acids is 1. The maximum Gasteiger partial charge on any atom is 0.373 e. The number of aliphatic hydroxyl groups is 3. The summed E-state index contributed by atoms with van der Waals surface area (Å²) in [5, 5.41) is 41.1. The Kier molecular flexibility index (Phi) is 10.4. The van der Waals surface area contributed by atoms with Crippen molar-refractivity contribution in [1.82, 2.24) is 19.5 Å². The maximum absolute atomic E-state index is 11.8. The van der Waals surface area contributed by atoms with E-state index in [0.717, 1.165) is 5.56 Å². The molecule has 0 bridgehead atoms. The number of imidazole rings is 1. The summed E-state index contributed by atoms with van der Waals surface area (Å²) < 4.78 is 12.9. The van der Waals surface area contributed by atoms with Gasteiger partial charge < -0.3 is 29.9 Å². The van der Waals surface area contributed by atoms with Crippen molar-refractivity contribution in [2.24, 2.45) is 5.92 Å². The van der Waals surface area contributed by atoms with Crippen molar-refractivity contribution in [3.63, 3.8) is 0 Å². The van der Waals surface area contributed by atoms with Crippen LogP contribution in [0.1, 0.15) is 24.4 Å². The lowest BCUT2D eigenvalue weighted by Crippen LogP contribution is -2.48. The molecule has 0 saturated carbocycles. The summed E-state index contributed by atoms with van der Waals surface area (Å²) in [7, 11) is 0. The highest BCUT2D eigenvalue weighted by molar-refractivity contribution is 6.28. The summed E-state index contributed by atoms with van der Waals surface area (Å²) in [6, 6.07) is 8.93. The molecule has 1 aliphatic heterocycles. The van der Waals surface area contributed by atoms with Crippen molar-refractivity contribution in [3.8, 4) is 12.3 Å². The number of rotatable bonds is 10. The standard InChI is InChI=1S/C25H27ClN4O7.CO2/c1-3-25(35)18(12-36-17(23(33)34)10-15-7-5-4-6-8-15)37-22(20(25)32)30-13-27-19-16(9-14(2)11-31)28-24(26)29-21(19)30;2-1-3/h1,4-8,13-14,17-18,20,22,31-32,35H,9-12H2,2H3,(H,33,34);/t14-,17?,18-,20+,22-,25-;/m1./s1.